The van der Waals surface area contributed by atoms with Crippen molar-refractivity contribution in [1.82, 2.24) is 15.6 Å². The number of carbonyl (C=O) groups excluding carboxylic acids is 2. The van der Waals surface area contributed by atoms with E-state index in [2.05, 4.69) is 20.9 Å². The van der Waals surface area contributed by atoms with E-state index in [0.29, 0.717) is 17.4 Å². The van der Waals surface area contributed by atoms with E-state index in [1.807, 2.05) is 13.8 Å². The Morgan fingerprint density at radius 1 is 1.33 bits per heavy atom. The van der Waals surface area contributed by atoms with E-state index < -0.39 is 0 Å². The van der Waals surface area contributed by atoms with Crippen molar-refractivity contribution in [3.8, 4) is 0 Å². The zero-order valence-corrected chi connectivity index (χ0v) is 12.7. The van der Waals surface area contributed by atoms with Gasteiger partial charge in [-0.2, -0.15) is 0 Å². The summed E-state index contributed by atoms with van der Waals surface area (Å²) in [5, 5.41) is 8.42. The Labute approximate surface area is 124 Å². The third-order valence-corrected chi connectivity index (χ3v) is 3.31. The molecule has 1 fully saturated rings. The Morgan fingerprint density at radius 2 is 2.05 bits per heavy atom. The molecule has 114 valence electrons. The van der Waals surface area contributed by atoms with Crippen LogP contribution in [0.2, 0.25) is 0 Å². The van der Waals surface area contributed by atoms with E-state index in [-0.39, 0.29) is 24.3 Å². The highest BCUT2D eigenvalue weighted by atomic mass is 16.2. The number of nitrogens with one attached hydrogen (secondary N) is 3. The maximum absolute atomic E-state index is 12.1. The maximum atomic E-state index is 12.1. The lowest BCUT2D eigenvalue weighted by Crippen LogP contribution is -2.37. The third-order valence-electron chi connectivity index (χ3n) is 3.31. The fourth-order valence-electron chi connectivity index (χ4n) is 1.88. The summed E-state index contributed by atoms with van der Waals surface area (Å²) in [6.07, 6.45) is 2.07. The number of rotatable bonds is 6. The van der Waals surface area contributed by atoms with Gasteiger partial charge in [-0.25, -0.2) is 4.98 Å². The summed E-state index contributed by atoms with van der Waals surface area (Å²) in [7, 11) is 1.76. The van der Waals surface area contributed by atoms with Gasteiger partial charge in [-0.15, -0.1) is 0 Å². The molecule has 1 aromatic heterocycles. The summed E-state index contributed by atoms with van der Waals surface area (Å²) in [5.41, 5.74) is 1.35. The average molecular weight is 290 g/mol. The zero-order chi connectivity index (χ0) is 15.4. The van der Waals surface area contributed by atoms with Crippen LogP contribution >= 0.6 is 0 Å². The molecule has 6 nitrogen and oxygen atoms in total. The molecule has 1 aliphatic rings. The summed E-state index contributed by atoms with van der Waals surface area (Å²) < 4.78 is 0. The van der Waals surface area contributed by atoms with Crippen molar-refractivity contribution < 1.29 is 9.59 Å². The Hall–Kier alpha value is -2.11. The molecule has 0 aromatic carbocycles. The lowest BCUT2D eigenvalue weighted by molar-refractivity contribution is -0.120. The molecule has 1 saturated carbocycles. The Morgan fingerprint density at radius 3 is 2.62 bits per heavy atom. The van der Waals surface area contributed by atoms with Crippen molar-refractivity contribution in [2.24, 2.45) is 0 Å². The van der Waals surface area contributed by atoms with Crippen molar-refractivity contribution >= 4 is 17.6 Å². The second-order valence-corrected chi connectivity index (χ2v) is 5.60. The van der Waals surface area contributed by atoms with E-state index in [1.54, 1.807) is 19.2 Å². The van der Waals surface area contributed by atoms with Gasteiger partial charge in [0, 0.05) is 24.3 Å². The molecule has 1 aromatic rings. The molecule has 3 N–H and O–H groups in total. The van der Waals surface area contributed by atoms with E-state index in [4.69, 9.17) is 0 Å². The van der Waals surface area contributed by atoms with Gasteiger partial charge < -0.3 is 16.0 Å². The van der Waals surface area contributed by atoms with E-state index >= 15 is 0 Å². The maximum Gasteiger partial charge on any atom is 0.251 e. The van der Waals surface area contributed by atoms with Crippen molar-refractivity contribution in [2.75, 3.05) is 18.9 Å². The zero-order valence-electron chi connectivity index (χ0n) is 12.7. The summed E-state index contributed by atoms with van der Waals surface area (Å²) in [6.45, 7) is 4.04. The molecule has 0 aliphatic heterocycles. The van der Waals surface area contributed by atoms with Crippen molar-refractivity contribution in [3.05, 3.63) is 23.4 Å². The molecule has 0 radical (unpaired) electrons. The number of anilines is 1. The van der Waals surface area contributed by atoms with Crippen LogP contribution in [0.1, 0.15) is 48.7 Å². The number of hydrogen-bond acceptors (Lipinski definition) is 4. The summed E-state index contributed by atoms with van der Waals surface area (Å²) in [5.74, 6) is 0.469. The van der Waals surface area contributed by atoms with Crippen LogP contribution in [0.25, 0.3) is 0 Å². The first kappa shape index (κ1) is 15.3. The van der Waals surface area contributed by atoms with Gasteiger partial charge in [-0.05, 0) is 30.9 Å². The molecule has 0 unspecified atom stereocenters. The molecule has 1 aliphatic carbocycles. The molecule has 0 saturated heterocycles. The first-order valence-corrected chi connectivity index (χ1v) is 7.27. The van der Waals surface area contributed by atoms with Crippen LogP contribution in [-0.4, -0.2) is 36.4 Å². The molecule has 1 heterocycles. The van der Waals surface area contributed by atoms with Gasteiger partial charge in [-0.3, -0.25) is 9.59 Å². The molecular formula is C15H22N4O2. The lowest BCUT2D eigenvalue weighted by atomic mass is 10.1. The number of carbonyl (C=O) groups is 2. The van der Waals surface area contributed by atoms with Gasteiger partial charge in [-0.1, -0.05) is 13.8 Å². The number of amides is 2. The van der Waals surface area contributed by atoms with Crippen LogP contribution < -0.4 is 16.0 Å². The van der Waals surface area contributed by atoms with Crippen LogP contribution in [0, 0.1) is 0 Å². The second kappa shape index (κ2) is 6.56. The summed E-state index contributed by atoms with van der Waals surface area (Å²) in [6, 6.07) is 3.75. The van der Waals surface area contributed by atoms with E-state index in [9.17, 15) is 9.59 Å². The summed E-state index contributed by atoms with van der Waals surface area (Å²) >= 11 is 0. The van der Waals surface area contributed by atoms with Crippen LogP contribution in [0.5, 0.6) is 0 Å². The van der Waals surface area contributed by atoms with Crippen LogP contribution in [0.3, 0.4) is 0 Å². The average Bonchev–Trinajstić information content (AvgIpc) is 3.27. The minimum absolute atomic E-state index is 0.00353. The fraction of sp³-hybridized carbons (Fsp3) is 0.533. The van der Waals surface area contributed by atoms with Gasteiger partial charge in [0.05, 0.1) is 6.54 Å². The Kier molecular flexibility index (Phi) is 4.77. The van der Waals surface area contributed by atoms with E-state index in [1.165, 1.54) is 0 Å². The second-order valence-electron chi connectivity index (χ2n) is 5.60. The minimum atomic E-state index is -0.262. The number of hydrogen-bond donors (Lipinski definition) is 3. The highest BCUT2D eigenvalue weighted by Crippen LogP contribution is 2.18. The molecule has 0 spiro atoms. The van der Waals surface area contributed by atoms with Crippen molar-refractivity contribution in [2.45, 2.75) is 38.6 Å². The van der Waals surface area contributed by atoms with Gasteiger partial charge in [0.1, 0.15) is 5.82 Å². The van der Waals surface area contributed by atoms with E-state index in [0.717, 1.165) is 18.5 Å². The Balaban J connectivity index is 1.99. The van der Waals surface area contributed by atoms with Gasteiger partial charge in [0.15, 0.2) is 0 Å². The largest absolute Gasteiger partial charge is 0.373 e. The normalized spacial score (nSPS) is 13.9. The molecular weight excluding hydrogens is 268 g/mol. The number of pyridine rings is 1. The smallest absolute Gasteiger partial charge is 0.251 e. The predicted molar refractivity (Wildman–Crippen MR) is 81.4 cm³/mol. The quantitative estimate of drug-likeness (QED) is 0.736. The first-order valence-electron chi connectivity index (χ1n) is 7.27. The molecule has 0 bridgehead atoms. The predicted octanol–water partition coefficient (Wildman–Crippen LogP) is 1.26. The fourth-order valence-corrected chi connectivity index (χ4v) is 1.88. The molecule has 2 amide bonds. The molecule has 6 heteroatoms. The highest BCUT2D eigenvalue weighted by Gasteiger charge is 2.23. The lowest BCUT2D eigenvalue weighted by Gasteiger charge is -2.11. The monoisotopic (exact) mass is 290 g/mol. The van der Waals surface area contributed by atoms with Crippen LogP contribution in [-0.2, 0) is 4.79 Å². The standard InChI is InChI=1S/C15H22N4O2/c1-9(2)12-6-10(7-13(16-3)19-12)15(21)17-8-14(20)18-11-4-5-11/h6-7,9,11H,4-5,8H2,1-3H3,(H,16,19)(H,17,21)(H,18,20). The van der Waals surface area contributed by atoms with Crippen molar-refractivity contribution in [3.63, 3.8) is 0 Å². The van der Waals surface area contributed by atoms with Crippen LogP contribution in [0.4, 0.5) is 5.82 Å². The topological polar surface area (TPSA) is 83.1 Å². The van der Waals surface area contributed by atoms with Crippen molar-refractivity contribution in [1.29, 1.82) is 0 Å². The minimum Gasteiger partial charge on any atom is -0.373 e. The highest BCUT2D eigenvalue weighted by molar-refractivity contribution is 5.97. The summed E-state index contributed by atoms with van der Waals surface area (Å²) in [4.78, 5) is 28.1. The Bertz CT molecular complexity index is 538. The third kappa shape index (κ3) is 4.44. The number of aromatic nitrogens is 1. The first-order chi connectivity index (χ1) is 9.99. The number of nitrogens with zero attached hydrogens (tertiary/aromatic N) is 1. The SMILES string of the molecule is CNc1cc(C(=O)NCC(=O)NC2CC2)cc(C(C)C)n1. The van der Waals surface area contributed by atoms with Crippen LogP contribution in [0.15, 0.2) is 12.1 Å². The molecule has 2 rings (SSSR count). The van der Waals surface area contributed by atoms with Gasteiger partial charge in [0.2, 0.25) is 5.91 Å². The molecule has 21 heavy (non-hydrogen) atoms. The molecule has 0 atom stereocenters. The van der Waals surface area contributed by atoms with Gasteiger partial charge >= 0.3 is 0 Å². The van der Waals surface area contributed by atoms with Gasteiger partial charge in [0.25, 0.3) is 5.91 Å².